The largest absolute Gasteiger partial charge is 0.280 e. The van der Waals surface area contributed by atoms with E-state index in [9.17, 15) is 8.78 Å². The van der Waals surface area contributed by atoms with Crippen LogP contribution >= 0.6 is 0 Å². The summed E-state index contributed by atoms with van der Waals surface area (Å²) in [6.45, 7) is 8.22. The van der Waals surface area contributed by atoms with Crippen LogP contribution in [0.3, 0.4) is 0 Å². The minimum absolute atomic E-state index is 0.113. The molecule has 1 aliphatic rings. The number of benzene rings is 2. The average Bonchev–Trinajstić information content (AvgIpc) is 3.30. The molecule has 5 nitrogen and oxygen atoms in total. The van der Waals surface area contributed by atoms with E-state index < -0.39 is 11.6 Å². The first-order valence-electron chi connectivity index (χ1n) is 11.3. The number of hydrazone groups is 1. The van der Waals surface area contributed by atoms with Gasteiger partial charge in [0.2, 0.25) is 0 Å². The van der Waals surface area contributed by atoms with Gasteiger partial charge in [0.05, 0.1) is 36.0 Å². The molecule has 4 rings (SSSR count). The van der Waals surface area contributed by atoms with Crippen molar-refractivity contribution in [1.82, 2.24) is 15.2 Å². The molecule has 1 aromatic heterocycles. The Morgan fingerprint density at radius 2 is 1.94 bits per heavy atom. The Bertz CT molecular complexity index is 1270. The minimum atomic E-state index is -0.917. The Morgan fingerprint density at radius 1 is 1.15 bits per heavy atom. The zero-order valence-electron chi connectivity index (χ0n) is 19.4. The van der Waals surface area contributed by atoms with E-state index in [4.69, 9.17) is 0 Å². The Morgan fingerprint density at radius 3 is 2.71 bits per heavy atom. The normalized spacial score (nSPS) is 14.0. The third-order valence-electron chi connectivity index (χ3n) is 5.62. The van der Waals surface area contributed by atoms with Crippen molar-refractivity contribution < 1.29 is 8.78 Å². The van der Waals surface area contributed by atoms with Crippen LogP contribution in [0.2, 0.25) is 0 Å². The predicted octanol–water partition coefficient (Wildman–Crippen LogP) is 6.41. The van der Waals surface area contributed by atoms with Crippen molar-refractivity contribution in [2.75, 3.05) is 0 Å². The summed E-state index contributed by atoms with van der Waals surface area (Å²) in [4.78, 5) is 4.48. The third kappa shape index (κ3) is 5.36. The third-order valence-corrected chi connectivity index (χ3v) is 5.62. The van der Waals surface area contributed by atoms with Crippen LogP contribution in [0.4, 0.5) is 8.78 Å². The molecule has 3 aromatic rings. The number of aromatic amines is 1. The number of rotatable bonds is 8. The number of allylic oxidation sites excluding steroid dienone is 1. The Balaban J connectivity index is 1.48. The van der Waals surface area contributed by atoms with Crippen molar-refractivity contribution in [3.63, 3.8) is 0 Å². The molecule has 2 heterocycles. The number of aromatic nitrogens is 2. The summed E-state index contributed by atoms with van der Waals surface area (Å²) in [6, 6.07) is 14.5. The van der Waals surface area contributed by atoms with E-state index in [1.165, 1.54) is 30.5 Å². The van der Waals surface area contributed by atoms with E-state index in [0.29, 0.717) is 23.5 Å². The fourth-order valence-electron chi connectivity index (χ4n) is 3.67. The molecule has 7 heteroatoms. The summed E-state index contributed by atoms with van der Waals surface area (Å²) in [5.74, 6) is -1.82. The lowest BCUT2D eigenvalue weighted by molar-refractivity contribution is 0.382. The molecule has 1 aliphatic heterocycles. The highest BCUT2D eigenvalue weighted by molar-refractivity contribution is 6.00. The maximum Gasteiger partial charge on any atom is 0.167 e. The van der Waals surface area contributed by atoms with Gasteiger partial charge in [0.1, 0.15) is 0 Å². The number of H-pyrrole nitrogens is 1. The second-order valence-electron chi connectivity index (χ2n) is 8.26. The Kier molecular flexibility index (Phi) is 7.11. The van der Waals surface area contributed by atoms with Gasteiger partial charge in [0.15, 0.2) is 11.6 Å². The molecular weight excluding hydrogens is 432 g/mol. The lowest BCUT2D eigenvalue weighted by Crippen LogP contribution is -2.16. The highest BCUT2D eigenvalue weighted by atomic mass is 19.2. The zero-order valence-corrected chi connectivity index (χ0v) is 19.4. The number of hydrogen-bond acceptors (Lipinski definition) is 4. The molecule has 0 aliphatic carbocycles. The van der Waals surface area contributed by atoms with Crippen LogP contribution in [-0.4, -0.2) is 27.1 Å². The van der Waals surface area contributed by atoms with E-state index >= 15 is 0 Å². The predicted molar refractivity (Wildman–Crippen MR) is 132 cm³/mol. The van der Waals surface area contributed by atoms with Gasteiger partial charge in [-0.2, -0.15) is 10.2 Å². The van der Waals surface area contributed by atoms with Crippen LogP contribution in [0, 0.1) is 11.6 Å². The van der Waals surface area contributed by atoms with Crippen molar-refractivity contribution >= 4 is 11.9 Å². The van der Waals surface area contributed by atoms with Gasteiger partial charge in [-0.05, 0) is 43.5 Å². The summed E-state index contributed by atoms with van der Waals surface area (Å²) < 4.78 is 27.7. The van der Waals surface area contributed by atoms with Crippen molar-refractivity contribution in [2.24, 2.45) is 10.1 Å². The van der Waals surface area contributed by atoms with E-state index in [1.807, 2.05) is 6.07 Å². The van der Waals surface area contributed by atoms with Crippen molar-refractivity contribution in [1.29, 1.82) is 0 Å². The number of aliphatic imine (C=N–C) groups is 1. The first kappa shape index (κ1) is 23.3. The molecule has 0 saturated heterocycles. The van der Waals surface area contributed by atoms with Crippen molar-refractivity contribution in [3.8, 4) is 11.3 Å². The summed E-state index contributed by atoms with van der Waals surface area (Å²) in [5.41, 5.74) is 5.69. The standard InChI is InChI=1S/C27H27F2N5/c1-4-5-7-20-10-12-21(13-11-20)25-14-22(32-33-25)16-34-17-26(18(2)15-30-34)31-19(3)23-8-6-9-24(28)27(23)29/h6,8-15,17H,2,4-5,7,16H2,1,3H3,(H,32,33). The second-order valence-corrected chi connectivity index (χ2v) is 8.26. The number of nitrogens with one attached hydrogen (secondary N) is 1. The highest BCUT2D eigenvalue weighted by Crippen LogP contribution is 2.22. The van der Waals surface area contributed by atoms with Gasteiger partial charge in [0.25, 0.3) is 0 Å². The SMILES string of the molecule is C=C1C=NN(Cc2cc(-c3ccc(CCCC)cc3)n[nH]2)C=C1N=C(C)c1cccc(F)c1F. The first-order chi connectivity index (χ1) is 16.4. The molecule has 174 valence electrons. The van der Waals surface area contributed by atoms with Gasteiger partial charge in [-0.1, -0.05) is 50.3 Å². The van der Waals surface area contributed by atoms with Gasteiger partial charge in [-0.3, -0.25) is 15.1 Å². The molecule has 0 atom stereocenters. The van der Waals surface area contributed by atoms with E-state index in [-0.39, 0.29) is 5.56 Å². The minimum Gasteiger partial charge on any atom is -0.280 e. The molecule has 0 unspecified atom stereocenters. The van der Waals surface area contributed by atoms with Gasteiger partial charge >= 0.3 is 0 Å². The molecule has 0 spiro atoms. The molecular formula is C27H27F2N5. The van der Waals surface area contributed by atoms with Crippen LogP contribution in [0.1, 0.15) is 43.5 Å². The Hall–Kier alpha value is -3.87. The maximum atomic E-state index is 14.1. The molecule has 0 fully saturated rings. The number of halogens is 2. The maximum absolute atomic E-state index is 14.1. The Labute approximate surface area is 198 Å². The van der Waals surface area contributed by atoms with E-state index in [1.54, 1.807) is 24.3 Å². The summed E-state index contributed by atoms with van der Waals surface area (Å²) in [5, 5.41) is 13.6. The van der Waals surface area contributed by atoms with Gasteiger partial charge in [-0.25, -0.2) is 8.78 Å². The van der Waals surface area contributed by atoms with Gasteiger partial charge in [-0.15, -0.1) is 0 Å². The highest BCUT2D eigenvalue weighted by Gasteiger charge is 2.15. The first-order valence-corrected chi connectivity index (χ1v) is 11.3. The zero-order chi connectivity index (χ0) is 24.1. The number of aryl methyl sites for hydroxylation is 1. The topological polar surface area (TPSA) is 56.6 Å². The van der Waals surface area contributed by atoms with Gasteiger partial charge < -0.3 is 0 Å². The average molecular weight is 460 g/mol. The van der Waals surface area contributed by atoms with Crippen molar-refractivity contribution in [3.05, 3.63) is 101 Å². The van der Waals surface area contributed by atoms with E-state index in [0.717, 1.165) is 29.4 Å². The smallest absolute Gasteiger partial charge is 0.167 e. The lowest BCUT2D eigenvalue weighted by atomic mass is 10.0. The van der Waals surface area contributed by atoms with Crippen LogP contribution in [0.15, 0.2) is 82.7 Å². The van der Waals surface area contributed by atoms with Crippen LogP contribution in [-0.2, 0) is 13.0 Å². The van der Waals surface area contributed by atoms with Gasteiger partial charge in [0, 0.05) is 22.4 Å². The van der Waals surface area contributed by atoms with Crippen LogP contribution in [0.5, 0.6) is 0 Å². The summed E-state index contributed by atoms with van der Waals surface area (Å²) in [7, 11) is 0. The van der Waals surface area contributed by atoms with Crippen LogP contribution < -0.4 is 0 Å². The fourth-order valence-corrected chi connectivity index (χ4v) is 3.67. The monoisotopic (exact) mass is 459 g/mol. The summed E-state index contributed by atoms with van der Waals surface area (Å²) in [6.07, 6.45) is 6.78. The molecule has 0 saturated carbocycles. The molecule has 34 heavy (non-hydrogen) atoms. The number of hydrogen-bond donors (Lipinski definition) is 1. The van der Waals surface area contributed by atoms with Crippen LogP contribution in [0.25, 0.3) is 11.3 Å². The molecule has 0 amide bonds. The second kappa shape index (κ2) is 10.4. The number of nitrogens with zero attached hydrogens (tertiary/aromatic N) is 4. The molecule has 0 bridgehead atoms. The van der Waals surface area contributed by atoms with Crippen molar-refractivity contribution in [2.45, 2.75) is 39.7 Å². The lowest BCUT2D eigenvalue weighted by Gasteiger charge is -2.19. The molecule has 1 N–H and O–H groups in total. The number of unbranched alkanes of at least 4 members (excludes halogenated alkanes) is 1. The quantitative estimate of drug-likeness (QED) is 0.396. The van der Waals surface area contributed by atoms with E-state index in [2.05, 4.69) is 58.1 Å². The summed E-state index contributed by atoms with van der Waals surface area (Å²) >= 11 is 0. The fraction of sp³-hybridized carbons (Fsp3) is 0.222. The molecule has 2 aromatic carbocycles. The molecule has 0 radical (unpaired) electrons.